The molecular formula is C12H8GeN. The molecule has 14 heavy (non-hydrogen) atoms. The van der Waals surface area contributed by atoms with E-state index in [0.29, 0.717) is 0 Å². The van der Waals surface area contributed by atoms with E-state index in [0.717, 1.165) is 0 Å². The first kappa shape index (κ1) is 8.12. The van der Waals surface area contributed by atoms with Crippen LogP contribution in [0.3, 0.4) is 0 Å². The summed E-state index contributed by atoms with van der Waals surface area (Å²) in [6.45, 7) is 0. The second-order valence-corrected chi connectivity index (χ2v) is 6.06. The minimum absolute atomic E-state index is 0.159. The zero-order valence-corrected chi connectivity index (χ0v) is 9.66. The van der Waals surface area contributed by atoms with Gasteiger partial charge in [0.2, 0.25) is 0 Å². The molecule has 0 saturated carbocycles. The van der Waals surface area contributed by atoms with E-state index in [1.807, 2.05) is 0 Å². The van der Waals surface area contributed by atoms with Gasteiger partial charge in [0, 0.05) is 0 Å². The average Bonchev–Trinajstić information content (AvgIpc) is 2.26. The molecule has 0 atom stereocenters. The minimum atomic E-state index is -0.159. The molecule has 0 fully saturated rings. The van der Waals surface area contributed by atoms with Gasteiger partial charge in [-0.05, 0) is 0 Å². The predicted octanol–water partition coefficient (Wildman–Crippen LogP) is 1.23. The van der Waals surface area contributed by atoms with E-state index in [-0.39, 0.29) is 15.0 Å². The maximum absolute atomic E-state index is 4.64. The number of benzene rings is 2. The second kappa shape index (κ2) is 3.17. The van der Waals surface area contributed by atoms with E-state index in [2.05, 4.69) is 53.5 Å². The van der Waals surface area contributed by atoms with Crippen molar-refractivity contribution in [3.8, 4) is 0 Å². The van der Waals surface area contributed by atoms with Gasteiger partial charge in [-0.25, -0.2) is 0 Å². The normalized spacial score (nSPS) is 12.0. The van der Waals surface area contributed by atoms with Crippen molar-refractivity contribution in [1.29, 1.82) is 0 Å². The van der Waals surface area contributed by atoms with Crippen LogP contribution in [0.5, 0.6) is 0 Å². The first-order chi connectivity index (χ1) is 6.93. The fourth-order valence-electron chi connectivity index (χ4n) is 1.63. The van der Waals surface area contributed by atoms with Crippen molar-refractivity contribution in [2.45, 2.75) is 0 Å². The molecular weight excluding hydrogens is 231 g/mol. The van der Waals surface area contributed by atoms with Gasteiger partial charge in [-0.1, -0.05) is 0 Å². The molecule has 0 amide bonds. The Morgan fingerprint density at radius 2 is 1.64 bits per heavy atom. The third-order valence-corrected chi connectivity index (χ3v) is 5.22. The van der Waals surface area contributed by atoms with Crippen LogP contribution >= 0.6 is 0 Å². The molecule has 2 aromatic carbocycles. The van der Waals surface area contributed by atoms with E-state index in [9.17, 15) is 0 Å². The van der Waals surface area contributed by atoms with Crippen LogP contribution in [0.15, 0.2) is 53.5 Å². The van der Waals surface area contributed by atoms with Crippen LogP contribution in [-0.2, 0) is 0 Å². The molecule has 1 nitrogen and oxygen atoms in total. The van der Waals surface area contributed by atoms with Crippen molar-refractivity contribution in [2.75, 3.05) is 0 Å². The van der Waals surface area contributed by atoms with Crippen molar-refractivity contribution < 1.29 is 0 Å². The molecule has 1 aliphatic heterocycles. The van der Waals surface area contributed by atoms with E-state index >= 15 is 0 Å². The molecule has 2 aromatic rings. The number of nitrogens with zero attached hydrogens (tertiary/aromatic N) is 1. The van der Waals surface area contributed by atoms with E-state index < -0.39 is 0 Å². The molecule has 0 N–H and O–H groups in total. The summed E-state index contributed by atoms with van der Waals surface area (Å²) in [5.41, 5.74) is 1.17. The van der Waals surface area contributed by atoms with Gasteiger partial charge in [0.05, 0.1) is 0 Å². The summed E-state index contributed by atoms with van der Waals surface area (Å²) in [5, 5.41) is 1.17. The predicted molar refractivity (Wildman–Crippen MR) is 57.9 cm³/mol. The summed E-state index contributed by atoms with van der Waals surface area (Å²) in [4.78, 5) is 4.64. The number of para-hydroxylation sites is 2. The first-order valence-electron chi connectivity index (χ1n) is 4.60. The third kappa shape index (κ3) is 1.25. The number of hydrogen-bond acceptors (Lipinski definition) is 1. The number of rotatable bonds is 0. The summed E-state index contributed by atoms with van der Waals surface area (Å²) < 4.78 is 2.90. The summed E-state index contributed by atoms with van der Waals surface area (Å²) in [7, 11) is 0. The van der Waals surface area contributed by atoms with Gasteiger partial charge in [0.1, 0.15) is 0 Å². The molecule has 0 unspecified atom stereocenters. The number of fused-ring (bicyclic) bond motifs is 2. The van der Waals surface area contributed by atoms with Gasteiger partial charge in [-0.2, -0.15) is 0 Å². The Morgan fingerprint density at radius 3 is 2.64 bits per heavy atom. The Hall–Kier alpha value is -1.22. The number of hydrogen-bond donors (Lipinski definition) is 0. The Morgan fingerprint density at radius 1 is 0.857 bits per heavy atom. The van der Waals surface area contributed by atoms with Gasteiger partial charge < -0.3 is 0 Å². The van der Waals surface area contributed by atoms with Gasteiger partial charge >= 0.3 is 88.0 Å². The zero-order valence-electron chi connectivity index (χ0n) is 7.57. The zero-order chi connectivity index (χ0) is 9.38. The molecule has 0 spiro atoms. The summed E-state index contributed by atoms with van der Waals surface area (Å²) >= 11 is -0.159. The van der Waals surface area contributed by atoms with E-state index in [4.69, 9.17) is 0 Å². The van der Waals surface area contributed by atoms with Gasteiger partial charge in [-0.3, -0.25) is 0 Å². The van der Waals surface area contributed by atoms with Crippen LogP contribution in [0.1, 0.15) is 0 Å². The van der Waals surface area contributed by atoms with Crippen LogP contribution in [-0.4, -0.2) is 15.0 Å². The van der Waals surface area contributed by atoms with Crippen molar-refractivity contribution >= 4 is 25.1 Å². The Kier molecular flexibility index (Phi) is 1.84. The molecule has 1 aliphatic rings. The quantitative estimate of drug-likeness (QED) is 0.523. The van der Waals surface area contributed by atoms with Crippen LogP contribution in [0.25, 0.3) is 0 Å². The first-order valence-corrected chi connectivity index (χ1v) is 6.70. The standard InChI is InChI=1S/C12H8GeN/c1-3-7-11-9(5-1)13-10-6-2-4-8-12(10)14-11/h1-8H. The van der Waals surface area contributed by atoms with Crippen molar-refractivity contribution in [2.24, 2.45) is 4.99 Å². The van der Waals surface area contributed by atoms with Crippen LogP contribution < -0.4 is 9.75 Å². The topological polar surface area (TPSA) is 12.4 Å². The summed E-state index contributed by atoms with van der Waals surface area (Å²) in [6, 6.07) is 16.9. The van der Waals surface area contributed by atoms with Crippen molar-refractivity contribution in [3.05, 3.63) is 57.9 Å². The Labute approximate surface area is 88.1 Å². The summed E-state index contributed by atoms with van der Waals surface area (Å²) in [6.07, 6.45) is 0. The Bertz CT molecular complexity index is 548. The molecule has 0 aliphatic carbocycles. The average molecular weight is 239 g/mol. The van der Waals surface area contributed by atoms with Crippen LogP contribution in [0, 0.1) is 4.00 Å². The molecule has 0 saturated heterocycles. The maximum atomic E-state index is 4.64. The summed E-state index contributed by atoms with van der Waals surface area (Å²) in [5.74, 6) is 0. The van der Waals surface area contributed by atoms with Crippen molar-refractivity contribution in [3.63, 3.8) is 0 Å². The molecule has 65 valence electrons. The molecule has 0 bridgehead atoms. The molecule has 2 heteroatoms. The van der Waals surface area contributed by atoms with Gasteiger partial charge in [0.15, 0.2) is 0 Å². The van der Waals surface area contributed by atoms with Crippen LogP contribution in [0.2, 0.25) is 0 Å². The second-order valence-electron chi connectivity index (χ2n) is 3.27. The van der Waals surface area contributed by atoms with Crippen LogP contribution in [0.4, 0.5) is 5.69 Å². The van der Waals surface area contributed by atoms with Gasteiger partial charge in [-0.15, -0.1) is 0 Å². The van der Waals surface area contributed by atoms with E-state index in [1.54, 1.807) is 0 Å². The fourth-order valence-corrected chi connectivity index (χ4v) is 4.11. The fraction of sp³-hybridized carbons (Fsp3) is 0. The SMILES string of the molecule is c1cc[c]2c(c1)N=c1cccc[c]1=[Ge]2. The molecule has 0 aromatic heterocycles. The van der Waals surface area contributed by atoms with Gasteiger partial charge in [0.25, 0.3) is 0 Å². The molecule has 3 rings (SSSR count). The van der Waals surface area contributed by atoms with E-state index in [1.165, 1.54) is 19.4 Å². The third-order valence-electron chi connectivity index (χ3n) is 2.32. The monoisotopic (exact) mass is 240 g/mol. The molecule has 1 heterocycles. The van der Waals surface area contributed by atoms with Crippen molar-refractivity contribution in [1.82, 2.24) is 0 Å². The molecule has 1 radical (unpaired) electrons. The Balaban J connectivity index is 2.42.